The number of carbonyl (C=O) groups is 2. The molecule has 2 amide bonds. The van der Waals surface area contributed by atoms with Gasteiger partial charge in [-0.1, -0.05) is 19.3 Å². The molecule has 0 aromatic carbocycles. The van der Waals surface area contributed by atoms with Gasteiger partial charge in [0.2, 0.25) is 11.8 Å². The highest BCUT2D eigenvalue weighted by Gasteiger charge is 2.27. The van der Waals surface area contributed by atoms with Crippen molar-refractivity contribution in [2.45, 2.75) is 64.3 Å². The second-order valence-electron chi connectivity index (χ2n) is 6.65. The van der Waals surface area contributed by atoms with Crippen molar-refractivity contribution in [1.82, 2.24) is 15.1 Å². The van der Waals surface area contributed by atoms with Crippen LogP contribution in [0.1, 0.15) is 58.3 Å². The molecule has 126 valence electrons. The lowest BCUT2D eigenvalue weighted by Gasteiger charge is -2.38. The maximum atomic E-state index is 12.2. The van der Waals surface area contributed by atoms with Crippen LogP contribution in [-0.4, -0.2) is 60.4 Å². The number of carbonyl (C=O) groups excluding carboxylic acids is 2. The van der Waals surface area contributed by atoms with Gasteiger partial charge in [-0.25, -0.2) is 0 Å². The van der Waals surface area contributed by atoms with Gasteiger partial charge in [0, 0.05) is 52.1 Å². The van der Waals surface area contributed by atoms with Gasteiger partial charge < -0.3 is 10.2 Å². The lowest BCUT2D eigenvalue weighted by atomic mass is 10.1. The summed E-state index contributed by atoms with van der Waals surface area (Å²) in [6, 6.07) is 0.783. The smallest absolute Gasteiger partial charge is 0.222 e. The monoisotopic (exact) mass is 309 g/mol. The number of nitrogens with one attached hydrogen (secondary N) is 1. The van der Waals surface area contributed by atoms with Crippen molar-refractivity contribution in [3.8, 4) is 0 Å². The molecule has 0 aromatic heterocycles. The van der Waals surface area contributed by atoms with E-state index >= 15 is 0 Å². The fourth-order valence-electron chi connectivity index (χ4n) is 3.61. The van der Waals surface area contributed by atoms with Crippen molar-refractivity contribution in [2.24, 2.45) is 0 Å². The molecule has 0 bridgehead atoms. The molecule has 2 rings (SSSR count). The number of rotatable bonds is 7. The Hall–Kier alpha value is -1.10. The lowest BCUT2D eigenvalue weighted by Crippen LogP contribution is -2.51. The van der Waals surface area contributed by atoms with E-state index in [1.807, 2.05) is 4.90 Å². The summed E-state index contributed by atoms with van der Waals surface area (Å²) in [7, 11) is 0. The van der Waals surface area contributed by atoms with Crippen molar-refractivity contribution in [1.29, 1.82) is 0 Å². The minimum atomic E-state index is 0.0243. The zero-order valence-electron chi connectivity index (χ0n) is 14.0. The Balaban J connectivity index is 1.54. The van der Waals surface area contributed by atoms with Crippen LogP contribution in [0.5, 0.6) is 0 Å². The maximum absolute atomic E-state index is 12.2. The van der Waals surface area contributed by atoms with E-state index in [0.29, 0.717) is 12.3 Å². The summed E-state index contributed by atoms with van der Waals surface area (Å²) in [6.07, 6.45) is 9.01. The van der Waals surface area contributed by atoms with Gasteiger partial charge in [-0.2, -0.15) is 0 Å². The van der Waals surface area contributed by atoms with Gasteiger partial charge in [0.05, 0.1) is 0 Å². The highest BCUT2D eigenvalue weighted by Crippen LogP contribution is 2.24. The number of unbranched alkanes of at least 4 members (excludes halogenated alkanes) is 2. The van der Waals surface area contributed by atoms with E-state index in [1.165, 1.54) is 32.6 Å². The van der Waals surface area contributed by atoms with Gasteiger partial charge >= 0.3 is 0 Å². The maximum Gasteiger partial charge on any atom is 0.222 e. The van der Waals surface area contributed by atoms with Gasteiger partial charge in [0.1, 0.15) is 0 Å². The normalized spacial score (nSPS) is 20.3. The van der Waals surface area contributed by atoms with E-state index in [4.69, 9.17) is 0 Å². The highest BCUT2D eigenvalue weighted by atomic mass is 16.2. The van der Waals surface area contributed by atoms with E-state index in [-0.39, 0.29) is 5.91 Å². The van der Waals surface area contributed by atoms with Crippen molar-refractivity contribution in [3.05, 3.63) is 0 Å². The minimum absolute atomic E-state index is 0.0243. The molecule has 1 aliphatic carbocycles. The molecule has 0 unspecified atom stereocenters. The Morgan fingerprint density at radius 2 is 1.68 bits per heavy atom. The number of nitrogens with zero attached hydrogens (tertiary/aromatic N) is 2. The van der Waals surface area contributed by atoms with Crippen molar-refractivity contribution >= 4 is 11.8 Å². The van der Waals surface area contributed by atoms with Crippen LogP contribution in [0.3, 0.4) is 0 Å². The Morgan fingerprint density at radius 1 is 1.00 bits per heavy atom. The van der Waals surface area contributed by atoms with Gasteiger partial charge in [-0.05, 0) is 25.7 Å². The summed E-state index contributed by atoms with van der Waals surface area (Å²) in [4.78, 5) is 27.6. The number of hydrogen-bond donors (Lipinski definition) is 1. The van der Waals surface area contributed by atoms with Crippen LogP contribution in [0, 0.1) is 0 Å². The average molecular weight is 309 g/mol. The van der Waals surface area contributed by atoms with E-state index in [1.54, 1.807) is 0 Å². The molecule has 5 nitrogen and oxygen atoms in total. The molecule has 22 heavy (non-hydrogen) atoms. The van der Waals surface area contributed by atoms with Crippen molar-refractivity contribution in [2.75, 3.05) is 32.7 Å². The first-order valence-corrected chi connectivity index (χ1v) is 8.93. The molecule has 1 N–H and O–H groups in total. The fourth-order valence-corrected chi connectivity index (χ4v) is 3.61. The third-order valence-electron chi connectivity index (χ3n) is 4.95. The molecule has 0 spiro atoms. The first-order chi connectivity index (χ1) is 10.7. The van der Waals surface area contributed by atoms with Crippen LogP contribution in [0.25, 0.3) is 0 Å². The molecule has 1 saturated carbocycles. The SMILES string of the molecule is CC(=O)NCCCCCC(=O)N1CCN(C2CCCC2)CC1. The second kappa shape index (κ2) is 9.13. The molecular formula is C17H31N3O2. The molecule has 1 heterocycles. The Bertz CT molecular complexity index is 359. The summed E-state index contributed by atoms with van der Waals surface area (Å²) in [6.45, 7) is 6.18. The van der Waals surface area contributed by atoms with Crippen molar-refractivity contribution in [3.63, 3.8) is 0 Å². The minimum Gasteiger partial charge on any atom is -0.356 e. The number of hydrogen-bond acceptors (Lipinski definition) is 3. The Morgan fingerprint density at radius 3 is 2.32 bits per heavy atom. The van der Waals surface area contributed by atoms with Crippen LogP contribution >= 0.6 is 0 Å². The van der Waals surface area contributed by atoms with E-state index < -0.39 is 0 Å². The third-order valence-corrected chi connectivity index (χ3v) is 4.95. The van der Waals surface area contributed by atoms with Gasteiger partial charge in [0.15, 0.2) is 0 Å². The summed E-state index contributed by atoms with van der Waals surface area (Å²) in [5, 5.41) is 2.79. The largest absolute Gasteiger partial charge is 0.356 e. The second-order valence-corrected chi connectivity index (χ2v) is 6.65. The summed E-state index contributed by atoms with van der Waals surface area (Å²) >= 11 is 0. The van der Waals surface area contributed by atoms with Crippen LogP contribution < -0.4 is 5.32 Å². The molecule has 0 atom stereocenters. The Labute approximate surface area is 134 Å². The molecule has 0 radical (unpaired) electrons. The van der Waals surface area contributed by atoms with Crippen LogP contribution in [-0.2, 0) is 9.59 Å². The fraction of sp³-hybridized carbons (Fsp3) is 0.882. The van der Waals surface area contributed by atoms with E-state index in [9.17, 15) is 9.59 Å². The van der Waals surface area contributed by atoms with Crippen LogP contribution in [0.2, 0.25) is 0 Å². The lowest BCUT2D eigenvalue weighted by molar-refractivity contribution is -0.133. The van der Waals surface area contributed by atoms with E-state index in [0.717, 1.165) is 58.0 Å². The van der Waals surface area contributed by atoms with Gasteiger partial charge in [-0.3, -0.25) is 14.5 Å². The predicted octanol–water partition coefficient (Wildman–Crippen LogP) is 1.77. The highest BCUT2D eigenvalue weighted by molar-refractivity contribution is 5.76. The van der Waals surface area contributed by atoms with Gasteiger partial charge in [-0.15, -0.1) is 0 Å². The summed E-state index contributed by atoms with van der Waals surface area (Å²) in [5.41, 5.74) is 0. The molecule has 5 heteroatoms. The van der Waals surface area contributed by atoms with Crippen LogP contribution in [0.15, 0.2) is 0 Å². The van der Waals surface area contributed by atoms with Gasteiger partial charge in [0.25, 0.3) is 0 Å². The topological polar surface area (TPSA) is 52.7 Å². The third kappa shape index (κ3) is 5.59. The number of amides is 2. The molecule has 2 fully saturated rings. The summed E-state index contributed by atoms with van der Waals surface area (Å²) in [5.74, 6) is 0.335. The molecule has 1 saturated heterocycles. The molecular weight excluding hydrogens is 278 g/mol. The first-order valence-electron chi connectivity index (χ1n) is 8.93. The molecule has 0 aromatic rings. The standard InChI is InChI=1S/C17H31N3O2/c1-15(21)18-10-6-2-3-9-17(22)20-13-11-19(12-14-20)16-7-4-5-8-16/h16H,2-14H2,1H3,(H,18,21). The quantitative estimate of drug-likeness (QED) is 0.729. The van der Waals surface area contributed by atoms with Crippen molar-refractivity contribution < 1.29 is 9.59 Å². The first kappa shape index (κ1) is 17.3. The zero-order chi connectivity index (χ0) is 15.8. The predicted molar refractivity (Wildman–Crippen MR) is 87.6 cm³/mol. The molecule has 2 aliphatic rings. The Kier molecular flexibility index (Phi) is 7.16. The average Bonchev–Trinajstić information content (AvgIpc) is 3.05. The van der Waals surface area contributed by atoms with E-state index in [2.05, 4.69) is 10.2 Å². The number of piperazine rings is 1. The molecule has 1 aliphatic heterocycles. The zero-order valence-corrected chi connectivity index (χ0v) is 14.0. The summed E-state index contributed by atoms with van der Waals surface area (Å²) < 4.78 is 0. The van der Waals surface area contributed by atoms with Crippen LogP contribution in [0.4, 0.5) is 0 Å².